The van der Waals surface area contributed by atoms with E-state index in [1.54, 1.807) is 19.3 Å². The molecule has 10 heteroatoms. The van der Waals surface area contributed by atoms with Crippen LogP contribution in [0.5, 0.6) is 0 Å². The molecule has 3 aromatic rings. The highest BCUT2D eigenvalue weighted by Crippen LogP contribution is 2.27. The Hall–Kier alpha value is -4.05. The Bertz CT molecular complexity index is 1370. The fraction of sp³-hybridized carbons (Fsp3) is 0.433. The average molecular weight is 545 g/mol. The van der Waals surface area contributed by atoms with E-state index in [9.17, 15) is 9.59 Å². The second-order valence-corrected chi connectivity index (χ2v) is 11.5. The molecule has 0 fully saturated rings. The summed E-state index contributed by atoms with van der Waals surface area (Å²) in [6, 6.07) is 10.1. The summed E-state index contributed by atoms with van der Waals surface area (Å²) in [4.78, 5) is 40.1. The normalized spacial score (nSPS) is 13.5. The fourth-order valence-electron chi connectivity index (χ4n) is 4.50. The summed E-state index contributed by atoms with van der Waals surface area (Å²) in [6.45, 7) is 15.0. The molecule has 0 radical (unpaired) electrons. The van der Waals surface area contributed by atoms with Crippen molar-refractivity contribution >= 4 is 35.0 Å². The summed E-state index contributed by atoms with van der Waals surface area (Å²) >= 11 is 0. The van der Waals surface area contributed by atoms with Crippen molar-refractivity contribution in [2.75, 3.05) is 30.3 Å². The van der Waals surface area contributed by atoms with Crippen LogP contribution in [-0.4, -0.2) is 57.3 Å². The molecule has 0 unspecified atom stereocenters. The number of pyridine rings is 1. The van der Waals surface area contributed by atoms with Gasteiger partial charge in [0, 0.05) is 74.0 Å². The maximum absolute atomic E-state index is 13.0. The van der Waals surface area contributed by atoms with E-state index in [0.717, 1.165) is 43.1 Å². The maximum atomic E-state index is 13.0. The molecular formula is C30H40N8O2. The molecule has 4 N–H and O–H groups in total. The van der Waals surface area contributed by atoms with Crippen LogP contribution in [0.4, 0.5) is 23.1 Å². The van der Waals surface area contributed by atoms with Crippen molar-refractivity contribution in [2.24, 2.45) is 0 Å². The molecule has 2 aromatic heterocycles. The van der Waals surface area contributed by atoms with Crippen LogP contribution in [-0.2, 0) is 23.2 Å². The number of fused-ring (bicyclic) bond motifs is 1. The van der Waals surface area contributed by atoms with E-state index < -0.39 is 0 Å². The van der Waals surface area contributed by atoms with E-state index in [4.69, 9.17) is 4.98 Å². The first-order valence-electron chi connectivity index (χ1n) is 13.7. The molecule has 4 rings (SSSR count). The number of carbonyl (C=O) groups is 2. The molecule has 10 nitrogen and oxygen atoms in total. The van der Waals surface area contributed by atoms with Crippen LogP contribution >= 0.6 is 0 Å². The van der Waals surface area contributed by atoms with Crippen molar-refractivity contribution in [3.63, 3.8) is 0 Å². The zero-order chi connectivity index (χ0) is 28.9. The molecule has 0 saturated carbocycles. The van der Waals surface area contributed by atoms with Gasteiger partial charge in [0.15, 0.2) is 0 Å². The van der Waals surface area contributed by atoms with Gasteiger partial charge in [-0.15, -0.1) is 0 Å². The first-order valence-corrected chi connectivity index (χ1v) is 13.7. The second kappa shape index (κ2) is 12.4. The number of rotatable bonds is 9. The minimum atomic E-state index is -0.244. The topological polar surface area (TPSA) is 124 Å². The maximum Gasteiger partial charge on any atom is 0.256 e. The van der Waals surface area contributed by atoms with Crippen molar-refractivity contribution in [3.05, 3.63) is 65.1 Å². The Morgan fingerprint density at radius 3 is 2.52 bits per heavy atom. The van der Waals surface area contributed by atoms with Gasteiger partial charge in [0.2, 0.25) is 11.9 Å². The summed E-state index contributed by atoms with van der Waals surface area (Å²) in [5.74, 6) is 0.555. The van der Waals surface area contributed by atoms with Gasteiger partial charge >= 0.3 is 0 Å². The Labute approximate surface area is 236 Å². The Morgan fingerprint density at radius 1 is 1.02 bits per heavy atom. The molecule has 0 spiro atoms. The van der Waals surface area contributed by atoms with Crippen LogP contribution in [0.1, 0.15) is 68.7 Å². The lowest BCUT2D eigenvalue weighted by Crippen LogP contribution is -2.37. The fourth-order valence-corrected chi connectivity index (χ4v) is 4.50. The van der Waals surface area contributed by atoms with Gasteiger partial charge in [0.25, 0.3) is 5.91 Å². The second-order valence-electron chi connectivity index (χ2n) is 11.5. The lowest BCUT2D eigenvalue weighted by Gasteiger charge is -2.29. The van der Waals surface area contributed by atoms with Crippen LogP contribution < -0.4 is 21.3 Å². The van der Waals surface area contributed by atoms with E-state index in [1.807, 2.05) is 32.0 Å². The molecular weight excluding hydrogens is 504 g/mol. The lowest BCUT2D eigenvalue weighted by atomic mass is 9.91. The standard InChI is InChI=1S/C30H40N8O2/c1-19(2)34-28(40)25-17-33-29(37-27(25)35-24-9-11-32-26(16-24)30(4,5)6)36-23-8-7-22-18-38(13-10-21(22)15-23)14-12-31-20(3)39/h7-9,11,15-17,19H,10,12-14,18H2,1-6H3,(H,31,39)(H,34,40)(H2,32,33,35,36,37). The van der Waals surface area contributed by atoms with Crippen LogP contribution in [0.2, 0.25) is 0 Å². The first-order chi connectivity index (χ1) is 19.0. The van der Waals surface area contributed by atoms with E-state index in [1.165, 1.54) is 11.1 Å². The average Bonchev–Trinajstić information content (AvgIpc) is 2.88. The zero-order valence-electron chi connectivity index (χ0n) is 24.3. The van der Waals surface area contributed by atoms with Gasteiger partial charge in [-0.05, 0) is 55.7 Å². The molecule has 1 aliphatic heterocycles. The van der Waals surface area contributed by atoms with Gasteiger partial charge in [-0.25, -0.2) is 4.98 Å². The third-order valence-electron chi connectivity index (χ3n) is 6.60. The Balaban J connectivity index is 1.54. The smallest absolute Gasteiger partial charge is 0.256 e. The molecule has 0 bridgehead atoms. The summed E-state index contributed by atoms with van der Waals surface area (Å²) in [5.41, 5.74) is 5.39. The Morgan fingerprint density at radius 2 is 1.80 bits per heavy atom. The van der Waals surface area contributed by atoms with Crippen LogP contribution in [0.25, 0.3) is 0 Å². The summed E-state index contributed by atoms with van der Waals surface area (Å²) < 4.78 is 0. The third-order valence-corrected chi connectivity index (χ3v) is 6.60. The summed E-state index contributed by atoms with van der Waals surface area (Å²) in [5, 5.41) is 12.4. The number of carbonyl (C=O) groups excluding carboxylic acids is 2. The number of aromatic nitrogens is 3. The van der Waals surface area contributed by atoms with Crippen molar-refractivity contribution in [1.82, 2.24) is 30.5 Å². The molecule has 1 aliphatic rings. The summed E-state index contributed by atoms with van der Waals surface area (Å²) in [6.07, 6.45) is 4.23. The highest BCUT2D eigenvalue weighted by Gasteiger charge is 2.20. The van der Waals surface area contributed by atoms with Crippen molar-refractivity contribution < 1.29 is 9.59 Å². The number of benzene rings is 1. The SMILES string of the molecule is CC(=O)NCCN1CCc2cc(Nc3ncc(C(=O)NC(C)C)c(Nc4ccnc(C(C)(C)C)c4)n3)ccc2C1. The monoisotopic (exact) mass is 544 g/mol. The van der Waals surface area contributed by atoms with Gasteiger partial charge in [-0.2, -0.15) is 4.98 Å². The molecule has 212 valence electrons. The Kier molecular flexibility index (Phi) is 8.99. The highest BCUT2D eigenvalue weighted by molar-refractivity contribution is 5.99. The molecule has 0 atom stereocenters. The van der Waals surface area contributed by atoms with E-state index in [-0.39, 0.29) is 23.3 Å². The number of nitrogens with one attached hydrogen (secondary N) is 4. The van der Waals surface area contributed by atoms with E-state index in [0.29, 0.717) is 23.9 Å². The lowest BCUT2D eigenvalue weighted by molar-refractivity contribution is -0.119. The predicted molar refractivity (Wildman–Crippen MR) is 158 cm³/mol. The minimum Gasteiger partial charge on any atom is -0.355 e. The van der Waals surface area contributed by atoms with Crippen LogP contribution in [0.3, 0.4) is 0 Å². The molecule has 40 heavy (non-hydrogen) atoms. The number of amides is 2. The summed E-state index contributed by atoms with van der Waals surface area (Å²) in [7, 11) is 0. The number of hydrogen-bond acceptors (Lipinski definition) is 8. The molecule has 1 aromatic carbocycles. The number of nitrogens with zero attached hydrogens (tertiary/aromatic N) is 4. The first kappa shape index (κ1) is 28.9. The van der Waals surface area contributed by atoms with Gasteiger partial charge in [-0.1, -0.05) is 26.8 Å². The quantitative estimate of drug-likeness (QED) is 0.315. The molecule has 0 aliphatic carbocycles. The number of hydrogen-bond donors (Lipinski definition) is 4. The predicted octanol–water partition coefficient (Wildman–Crippen LogP) is 4.29. The molecule has 2 amide bonds. The van der Waals surface area contributed by atoms with Crippen LogP contribution in [0.15, 0.2) is 42.7 Å². The van der Waals surface area contributed by atoms with Gasteiger partial charge in [-0.3, -0.25) is 19.5 Å². The van der Waals surface area contributed by atoms with Gasteiger partial charge in [0.05, 0.1) is 0 Å². The van der Waals surface area contributed by atoms with Crippen molar-refractivity contribution in [3.8, 4) is 0 Å². The van der Waals surface area contributed by atoms with Gasteiger partial charge < -0.3 is 21.3 Å². The minimum absolute atomic E-state index is 0.00211. The molecule has 0 saturated heterocycles. The van der Waals surface area contributed by atoms with E-state index >= 15 is 0 Å². The largest absolute Gasteiger partial charge is 0.355 e. The van der Waals surface area contributed by atoms with E-state index in [2.05, 4.69) is 69.0 Å². The van der Waals surface area contributed by atoms with Crippen molar-refractivity contribution in [2.45, 2.75) is 66.0 Å². The van der Waals surface area contributed by atoms with Crippen LogP contribution in [0, 0.1) is 0 Å². The van der Waals surface area contributed by atoms with Crippen molar-refractivity contribution in [1.29, 1.82) is 0 Å². The van der Waals surface area contributed by atoms with Gasteiger partial charge in [0.1, 0.15) is 11.4 Å². The zero-order valence-corrected chi connectivity index (χ0v) is 24.3. The highest BCUT2D eigenvalue weighted by atomic mass is 16.2. The third kappa shape index (κ3) is 7.75. The number of anilines is 4. The molecule has 3 heterocycles.